The lowest BCUT2D eigenvalue weighted by atomic mass is 9.93. The zero-order valence-electron chi connectivity index (χ0n) is 11.6. The Morgan fingerprint density at radius 2 is 1.94 bits per heavy atom. The Balaban J connectivity index is 2.05. The Kier molecular flexibility index (Phi) is 4.05. The average molecular weight is 245 g/mol. The standard InChI is InChI=1S/C16H23NO/c1-12(2)15-5-4-6-16(11-15)17-9-7-14(8-10-17)13(3)18/h4-6,11-12,14H,7-10H2,1-3H3. The van der Waals surface area contributed by atoms with Gasteiger partial charge in [-0.3, -0.25) is 4.79 Å². The maximum Gasteiger partial charge on any atom is 0.133 e. The summed E-state index contributed by atoms with van der Waals surface area (Å²) in [6.45, 7) is 8.18. The van der Waals surface area contributed by atoms with Gasteiger partial charge in [0, 0.05) is 24.7 Å². The van der Waals surface area contributed by atoms with Crippen molar-refractivity contribution in [1.29, 1.82) is 0 Å². The molecule has 0 atom stereocenters. The van der Waals surface area contributed by atoms with Crippen LogP contribution in [0.25, 0.3) is 0 Å². The van der Waals surface area contributed by atoms with E-state index in [1.54, 1.807) is 6.92 Å². The van der Waals surface area contributed by atoms with E-state index in [1.165, 1.54) is 11.3 Å². The smallest absolute Gasteiger partial charge is 0.133 e. The summed E-state index contributed by atoms with van der Waals surface area (Å²) < 4.78 is 0. The van der Waals surface area contributed by atoms with Crippen LogP contribution in [-0.4, -0.2) is 18.9 Å². The molecule has 98 valence electrons. The molecule has 1 aliphatic rings. The summed E-state index contributed by atoms with van der Waals surface area (Å²) >= 11 is 0. The predicted octanol–water partition coefficient (Wildman–Crippen LogP) is 3.62. The first-order valence-electron chi connectivity index (χ1n) is 6.93. The molecule has 0 unspecified atom stereocenters. The topological polar surface area (TPSA) is 20.3 Å². The molecule has 1 saturated heterocycles. The van der Waals surface area contributed by atoms with Gasteiger partial charge in [0.05, 0.1) is 0 Å². The summed E-state index contributed by atoms with van der Waals surface area (Å²) in [7, 11) is 0. The molecule has 2 nitrogen and oxygen atoms in total. The first-order valence-corrected chi connectivity index (χ1v) is 6.93. The largest absolute Gasteiger partial charge is 0.371 e. The van der Waals surface area contributed by atoms with E-state index in [0.29, 0.717) is 11.7 Å². The van der Waals surface area contributed by atoms with Gasteiger partial charge in [-0.15, -0.1) is 0 Å². The molecule has 1 aliphatic heterocycles. The Morgan fingerprint density at radius 1 is 1.28 bits per heavy atom. The Labute approximate surface area is 110 Å². The SMILES string of the molecule is CC(=O)C1CCN(c2cccc(C(C)C)c2)CC1. The zero-order chi connectivity index (χ0) is 13.1. The van der Waals surface area contributed by atoms with Crippen molar-refractivity contribution in [2.45, 2.75) is 39.5 Å². The summed E-state index contributed by atoms with van der Waals surface area (Å²) in [5, 5.41) is 0. The summed E-state index contributed by atoms with van der Waals surface area (Å²) in [6, 6.07) is 8.80. The number of hydrogen-bond donors (Lipinski definition) is 0. The fourth-order valence-corrected chi connectivity index (χ4v) is 2.62. The minimum Gasteiger partial charge on any atom is -0.371 e. The maximum atomic E-state index is 11.4. The molecule has 2 heteroatoms. The summed E-state index contributed by atoms with van der Waals surface area (Å²) in [6.07, 6.45) is 2.00. The third-order valence-electron chi connectivity index (χ3n) is 3.97. The van der Waals surface area contributed by atoms with Gasteiger partial charge in [0.2, 0.25) is 0 Å². The highest BCUT2D eigenvalue weighted by Crippen LogP contribution is 2.26. The molecule has 0 bridgehead atoms. The van der Waals surface area contributed by atoms with E-state index in [9.17, 15) is 4.79 Å². The van der Waals surface area contributed by atoms with Crippen LogP contribution in [0.15, 0.2) is 24.3 Å². The Morgan fingerprint density at radius 3 is 2.50 bits per heavy atom. The normalized spacial score (nSPS) is 17.2. The third kappa shape index (κ3) is 2.92. The van der Waals surface area contributed by atoms with Crippen LogP contribution in [0.5, 0.6) is 0 Å². The fraction of sp³-hybridized carbons (Fsp3) is 0.562. The van der Waals surface area contributed by atoms with Crippen LogP contribution in [0.3, 0.4) is 0 Å². The molecular weight excluding hydrogens is 222 g/mol. The number of anilines is 1. The van der Waals surface area contributed by atoms with Crippen molar-refractivity contribution in [1.82, 2.24) is 0 Å². The summed E-state index contributed by atoms with van der Waals surface area (Å²) in [5.41, 5.74) is 2.70. The molecule has 2 rings (SSSR count). The van der Waals surface area contributed by atoms with Gasteiger partial charge in [-0.25, -0.2) is 0 Å². The number of carbonyl (C=O) groups is 1. The molecule has 18 heavy (non-hydrogen) atoms. The lowest BCUT2D eigenvalue weighted by Gasteiger charge is -2.33. The second-order valence-electron chi connectivity index (χ2n) is 5.62. The van der Waals surface area contributed by atoms with E-state index < -0.39 is 0 Å². The number of carbonyl (C=O) groups excluding carboxylic acids is 1. The minimum atomic E-state index is 0.287. The number of Topliss-reactive ketones (excluding diaryl/α,β-unsaturated/α-hetero) is 1. The van der Waals surface area contributed by atoms with Crippen molar-refractivity contribution >= 4 is 11.5 Å². The van der Waals surface area contributed by atoms with E-state index in [4.69, 9.17) is 0 Å². The van der Waals surface area contributed by atoms with Gasteiger partial charge in [0.1, 0.15) is 5.78 Å². The highest BCUT2D eigenvalue weighted by molar-refractivity contribution is 5.78. The minimum absolute atomic E-state index is 0.287. The van der Waals surface area contributed by atoms with Crippen LogP contribution in [-0.2, 0) is 4.79 Å². The van der Waals surface area contributed by atoms with Crippen molar-refractivity contribution in [3.8, 4) is 0 Å². The van der Waals surface area contributed by atoms with Gasteiger partial charge in [0.25, 0.3) is 0 Å². The van der Waals surface area contributed by atoms with Crippen LogP contribution in [0.2, 0.25) is 0 Å². The molecule has 0 N–H and O–H groups in total. The van der Waals surface area contributed by atoms with Gasteiger partial charge in [-0.2, -0.15) is 0 Å². The summed E-state index contributed by atoms with van der Waals surface area (Å²) in [4.78, 5) is 13.8. The molecular formula is C16H23NO. The monoisotopic (exact) mass is 245 g/mol. The molecule has 0 radical (unpaired) electrons. The average Bonchev–Trinajstić information content (AvgIpc) is 2.39. The van der Waals surface area contributed by atoms with Crippen LogP contribution in [0.4, 0.5) is 5.69 Å². The Bertz CT molecular complexity index is 417. The Hall–Kier alpha value is -1.31. The zero-order valence-corrected chi connectivity index (χ0v) is 11.6. The molecule has 0 aliphatic carbocycles. The van der Waals surface area contributed by atoms with Gasteiger partial charge in [-0.05, 0) is 43.4 Å². The maximum absolute atomic E-state index is 11.4. The molecule has 1 heterocycles. The van der Waals surface area contributed by atoms with Crippen molar-refractivity contribution in [3.05, 3.63) is 29.8 Å². The molecule has 0 aromatic heterocycles. The highest BCUT2D eigenvalue weighted by Gasteiger charge is 2.22. The first kappa shape index (κ1) is 13.1. The first-order chi connectivity index (χ1) is 8.58. The highest BCUT2D eigenvalue weighted by atomic mass is 16.1. The lowest BCUT2D eigenvalue weighted by Crippen LogP contribution is -2.35. The van der Waals surface area contributed by atoms with Crippen LogP contribution >= 0.6 is 0 Å². The fourth-order valence-electron chi connectivity index (χ4n) is 2.62. The van der Waals surface area contributed by atoms with Gasteiger partial charge in [-0.1, -0.05) is 26.0 Å². The van der Waals surface area contributed by atoms with Crippen molar-refractivity contribution in [2.24, 2.45) is 5.92 Å². The lowest BCUT2D eigenvalue weighted by molar-refractivity contribution is -0.121. The molecule has 1 aromatic carbocycles. The number of nitrogens with zero attached hydrogens (tertiary/aromatic N) is 1. The second-order valence-corrected chi connectivity index (χ2v) is 5.62. The van der Waals surface area contributed by atoms with Gasteiger partial charge < -0.3 is 4.90 Å². The van der Waals surface area contributed by atoms with E-state index in [0.717, 1.165) is 25.9 Å². The van der Waals surface area contributed by atoms with E-state index in [-0.39, 0.29) is 5.92 Å². The second kappa shape index (κ2) is 5.55. The van der Waals surface area contributed by atoms with Gasteiger partial charge in [0.15, 0.2) is 0 Å². The van der Waals surface area contributed by atoms with Gasteiger partial charge >= 0.3 is 0 Å². The van der Waals surface area contributed by atoms with Crippen molar-refractivity contribution in [3.63, 3.8) is 0 Å². The van der Waals surface area contributed by atoms with E-state index >= 15 is 0 Å². The van der Waals surface area contributed by atoms with Crippen LogP contribution < -0.4 is 4.90 Å². The quantitative estimate of drug-likeness (QED) is 0.810. The van der Waals surface area contributed by atoms with E-state index in [1.807, 2.05) is 0 Å². The number of hydrogen-bond acceptors (Lipinski definition) is 2. The predicted molar refractivity (Wildman–Crippen MR) is 76.1 cm³/mol. The van der Waals surface area contributed by atoms with Crippen molar-refractivity contribution < 1.29 is 4.79 Å². The van der Waals surface area contributed by atoms with Crippen LogP contribution in [0, 0.1) is 5.92 Å². The molecule has 0 amide bonds. The number of benzene rings is 1. The number of ketones is 1. The van der Waals surface area contributed by atoms with Crippen molar-refractivity contribution in [2.75, 3.05) is 18.0 Å². The number of rotatable bonds is 3. The summed E-state index contributed by atoms with van der Waals surface area (Å²) in [5.74, 6) is 1.21. The molecule has 1 aromatic rings. The van der Waals surface area contributed by atoms with E-state index in [2.05, 4.69) is 43.0 Å². The molecule has 1 fully saturated rings. The third-order valence-corrected chi connectivity index (χ3v) is 3.97. The number of piperidine rings is 1. The molecule has 0 spiro atoms. The molecule has 0 saturated carbocycles. The van der Waals surface area contributed by atoms with Crippen LogP contribution in [0.1, 0.15) is 45.1 Å².